The van der Waals surface area contributed by atoms with Crippen LogP contribution in [0, 0.1) is 0 Å². The lowest BCUT2D eigenvalue weighted by atomic mass is 9.95. The summed E-state index contributed by atoms with van der Waals surface area (Å²) in [7, 11) is -1.38. The van der Waals surface area contributed by atoms with Gasteiger partial charge in [-0.3, -0.25) is 0 Å². The van der Waals surface area contributed by atoms with Crippen molar-refractivity contribution in [1.82, 2.24) is 0 Å². The SMILES string of the molecule is C[Si](C)(C)OC1CCC(OCc2ccccc2)CC1. The van der Waals surface area contributed by atoms with Gasteiger partial charge in [-0.25, -0.2) is 0 Å². The van der Waals surface area contributed by atoms with Gasteiger partial charge in [-0.05, 0) is 50.9 Å². The van der Waals surface area contributed by atoms with E-state index in [0.29, 0.717) is 12.2 Å². The molecule has 1 aliphatic carbocycles. The van der Waals surface area contributed by atoms with Crippen molar-refractivity contribution in [3.63, 3.8) is 0 Å². The second-order valence-corrected chi connectivity index (χ2v) is 10.9. The highest BCUT2D eigenvalue weighted by atomic mass is 28.4. The van der Waals surface area contributed by atoms with Crippen molar-refractivity contribution in [3.05, 3.63) is 35.9 Å². The van der Waals surface area contributed by atoms with Crippen LogP contribution in [0.3, 0.4) is 0 Å². The van der Waals surface area contributed by atoms with Crippen molar-refractivity contribution >= 4 is 8.32 Å². The Balaban J connectivity index is 1.69. The van der Waals surface area contributed by atoms with Gasteiger partial charge in [0.15, 0.2) is 8.32 Å². The summed E-state index contributed by atoms with van der Waals surface area (Å²) < 4.78 is 12.2. The van der Waals surface area contributed by atoms with Crippen LogP contribution >= 0.6 is 0 Å². The number of hydrogen-bond donors (Lipinski definition) is 0. The van der Waals surface area contributed by atoms with Gasteiger partial charge in [-0.2, -0.15) is 0 Å². The third-order valence-corrected chi connectivity index (χ3v) is 4.51. The van der Waals surface area contributed by atoms with E-state index in [1.54, 1.807) is 0 Å². The summed E-state index contributed by atoms with van der Waals surface area (Å²) in [5, 5.41) is 0. The van der Waals surface area contributed by atoms with Crippen molar-refractivity contribution < 1.29 is 9.16 Å². The summed E-state index contributed by atoms with van der Waals surface area (Å²) in [6, 6.07) is 10.4. The average Bonchev–Trinajstić information content (AvgIpc) is 2.37. The molecule has 106 valence electrons. The Bertz CT molecular complexity index is 364. The molecule has 1 aliphatic rings. The van der Waals surface area contributed by atoms with Crippen LogP contribution in [0.2, 0.25) is 19.6 Å². The zero-order chi connectivity index (χ0) is 13.7. The Labute approximate surface area is 118 Å². The summed E-state index contributed by atoms with van der Waals surface area (Å²) in [6.07, 6.45) is 5.49. The molecular formula is C16H26O2Si. The first-order valence-electron chi connectivity index (χ1n) is 7.36. The summed E-state index contributed by atoms with van der Waals surface area (Å²) in [6.45, 7) is 7.55. The number of rotatable bonds is 5. The molecular weight excluding hydrogens is 252 g/mol. The second-order valence-electron chi connectivity index (χ2n) is 6.43. The van der Waals surface area contributed by atoms with Crippen molar-refractivity contribution in [2.45, 2.75) is 64.1 Å². The zero-order valence-electron chi connectivity index (χ0n) is 12.4. The molecule has 1 aromatic carbocycles. The minimum atomic E-state index is -1.38. The monoisotopic (exact) mass is 278 g/mol. The fourth-order valence-electron chi connectivity index (χ4n) is 2.61. The summed E-state index contributed by atoms with van der Waals surface area (Å²) in [4.78, 5) is 0. The number of hydrogen-bond acceptors (Lipinski definition) is 2. The molecule has 19 heavy (non-hydrogen) atoms. The molecule has 1 saturated carbocycles. The molecule has 0 radical (unpaired) electrons. The van der Waals surface area contributed by atoms with Crippen LogP contribution in [0.15, 0.2) is 30.3 Å². The van der Waals surface area contributed by atoms with Crippen LogP contribution in [0.25, 0.3) is 0 Å². The minimum absolute atomic E-state index is 0.418. The molecule has 1 fully saturated rings. The molecule has 0 saturated heterocycles. The fourth-order valence-corrected chi connectivity index (χ4v) is 3.84. The molecule has 0 heterocycles. The Kier molecular flexibility index (Phi) is 5.19. The topological polar surface area (TPSA) is 18.5 Å². The van der Waals surface area contributed by atoms with Gasteiger partial charge in [-0.1, -0.05) is 30.3 Å². The zero-order valence-corrected chi connectivity index (χ0v) is 13.4. The predicted molar refractivity (Wildman–Crippen MR) is 81.7 cm³/mol. The van der Waals surface area contributed by atoms with Gasteiger partial charge in [-0.15, -0.1) is 0 Å². The van der Waals surface area contributed by atoms with E-state index >= 15 is 0 Å². The lowest BCUT2D eigenvalue weighted by Gasteiger charge is -2.32. The van der Waals surface area contributed by atoms with Crippen LogP contribution in [0.5, 0.6) is 0 Å². The molecule has 0 aliphatic heterocycles. The lowest BCUT2D eigenvalue weighted by Crippen LogP contribution is -2.35. The summed E-state index contributed by atoms with van der Waals surface area (Å²) >= 11 is 0. The van der Waals surface area contributed by atoms with Crippen molar-refractivity contribution in [2.24, 2.45) is 0 Å². The lowest BCUT2D eigenvalue weighted by molar-refractivity contribution is -0.00805. The Morgan fingerprint density at radius 1 is 0.947 bits per heavy atom. The van der Waals surface area contributed by atoms with Gasteiger partial charge in [0.05, 0.1) is 12.7 Å². The van der Waals surface area contributed by atoms with Gasteiger partial charge in [0.25, 0.3) is 0 Å². The van der Waals surface area contributed by atoms with E-state index in [4.69, 9.17) is 9.16 Å². The molecule has 3 heteroatoms. The maximum Gasteiger partial charge on any atom is 0.184 e. The largest absolute Gasteiger partial charge is 0.415 e. The standard InChI is InChI=1S/C16H26O2Si/c1-19(2,3)18-16-11-9-15(10-12-16)17-13-14-7-5-4-6-8-14/h4-8,15-16H,9-13H2,1-3H3. The average molecular weight is 278 g/mol. The summed E-state index contributed by atoms with van der Waals surface area (Å²) in [5.41, 5.74) is 1.27. The highest BCUT2D eigenvalue weighted by molar-refractivity contribution is 6.69. The van der Waals surface area contributed by atoms with Gasteiger partial charge in [0, 0.05) is 6.10 Å². The molecule has 0 atom stereocenters. The normalized spacial score (nSPS) is 24.4. The van der Waals surface area contributed by atoms with Crippen molar-refractivity contribution in [3.8, 4) is 0 Å². The van der Waals surface area contributed by atoms with Crippen molar-refractivity contribution in [2.75, 3.05) is 0 Å². The van der Waals surface area contributed by atoms with Crippen LogP contribution in [0.1, 0.15) is 31.2 Å². The molecule has 2 nitrogen and oxygen atoms in total. The van der Waals surface area contributed by atoms with E-state index in [9.17, 15) is 0 Å². The van der Waals surface area contributed by atoms with Gasteiger partial charge < -0.3 is 9.16 Å². The highest BCUT2D eigenvalue weighted by Crippen LogP contribution is 2.26. The second kappa shape index (κ2) is 6.68. The van der Waals surface area contributed by atoms with E-state index in [1.165, 1.54) is 5.56 Å². The third-order valence-electron chi connectivity index (χ3n) is 3.47. The molecule has 0 spiro atoms. The predicted octanol–water partition coefficient (Wildman–Crippen LogP) is 4.37. The van der Waals surface area contributed by atoms with E-state index in [1.807, 2.05) is 6.07 Å². The van der Waals surface area contributed by atoms with Gasteiger partial charge >= 0.3 is 0 Å². The van der Waals surface area contributed by atoms with Gasteiger partial charge in [0.2, 0.25) is 0 Å². The molecule has 0 unspecified atom stereocenters. The highest BCUT2D eigenvalue weighted by Gasteiger charge is 2.26. The molecule has 0 bridgehead atoms. The quantitative estimate of drug-likeness (QED) is 0.745. The number of ether oxygens (including phenoxy) is 1. The fraction of sp³-hybridized carbons (Fsp3) is 0.625. The maximum absolute atomic E-state index is 6.17. The first-order chi connectivity index (χ1) is 9.03. The number of benzene rings is 1. The van der Waals surface area contributed by atoms with E-state index in [0.717, 1.165) is 32.3 Å². The minimum Gasteiger partial charge on any atom is -0.415 e. The molecule has 0 aromatic heterocycles. The first kappa shape index (κ1) is 14.8. The van der Waals surface area contributed by atoms with E-state index < -0.39 is 8.32 Å². The molecule has 1 aromatic rings. The Hall–Kier alpha value is -0.643. The van der Waals surface area contributed by atoms with Crippen LogP contribution < -0.4 is 0 Å². The Morgan fingerprint density at radius 2 is 1.53 bits per heavy atom. The van der Waals surface area contributed by atoms with Crippen molar-refractivity contribution in [1.29, 1.82) is 0 Å². The first-order valence-corrected chi connectivity index (χ1v) is 10.8. The van der Waals surface area contributed by atoms with Crippen LogP contribution in [-0.4, -0.2) is 20.5 Å². The molecule has 0 amide bonds. The Morgan fingerprint density at radius 3 is 2.11 bits per heavy atom. The van der Waals surface area contributed by atoms with Crippen LogP contribution in [-0.2, 0) is 15.8 Å². The maximum atomic E-state index is 6.17. The third kappa shape index (κ3) is 5.47. The molecule has 0 N–H and O–H groups in total. The van der Waals surface area contributed by atoms with E-state index in [-0.39, 0.29) is 0 Å². The summed E-state index contributed by atoms with van der Waals surface area (Å²) in [5.74, 6) is 0. The van der Waals surface area contributed by atoms with Crippen LogP contribution in [0.4, 0.5) is 0 Å². The van der Waals surface area contributed by atoms with E-state index in [2.05, 4.69) is 43.9 Å². The molecule has 2 rings (SSSR count). The van der Waals surface area contributed by atoms with Gasteiger partial charge in [0.1, 0.15) is 0 Å². The smallest absolute Gasteiger partial charge is 0.184 e.